The van der Waals surface area contributed by atoms with Crippen molar-refractivity contribution in [3.63, 3.8) is 0 Å². The molecule has 1 N–H and O–H groups in total. The number of aromatic nitrogens is 5. The van der Waals surface area contributed by atoms with E-state index in [1.54, 1.807) is 55.6 Å². The second-order valence-electron chi connectivity index (χ2n) is 7.27. The number of benzene rings is 2. The lowest BCUT2D eigenvalue weighted by molar-refractivity contribution is -0.117. The molecule has 0 radical (unpaired) electrons. The van der Waals surface area contributed by atoms with Gasteiger partial charge in [0.15, 0.2) is 5.65 Å². The highest BCUT2D eigenvalue weighted by molar-refractivity contribution is 5.90. The standard InChI is InChI=1S/C23H17FN6O4/c1-33-17-9-7-16(8-10-17)25-19(31)13-30-23(32)29-11-3-6-18(21(29)27-30)22-26-20(28-34-22)14-4-2-5-15(24)12-14/h2-12H,13H2,1H3,(H,25,31). The molecule has 10 nitrogen and oxygen atoms in total. The van der Waals surface area contributed by atoms with E-state index in [9.17, 15) is 14.0 Å². The van der Waals surface area contributed by atoms with Crippen molar-refractivity contribution >= 4 is 17.2 Å². The predicted octanol–water partition coefficient (Wildman–Crippen LogP) is 3.00. The summed E-state index contributed by atoms with van der Waals surface area (Å²) in [6, 6.07) is 15.9. The summed E-state index contributed by atoms with van der Waals surface area (Å²) < 4.78 is 26.3. The lowest BCUT2D eigenvalue weighted by Crippen LogP contribution is -2.28. The minimum absolute atomic E-state index is 0.102. The van der Waals surface area contributed by atoms with Crippen molar-refractivity contribution in [2.24, 2.45) is 0 Å². The number of carbonyl (C=O) groups is 1. The van der Waals surface area contributed by atoms with Crippen LogP contribution in [0.4, 0.5) is 10.1 Å². The predicted molar refractivity (Wildman–Crippen MR) is 120 cm³/mol. The van der Waals surface area contributed by atoms with Crippen LogP contribution in [0.5, 0.6) is 5.75 Å². The van der Waals surface area contributed by atoms with Crippen LogP contribution in [0.1, 0.15) is 0 Å². The second kappa shape index (κ2) is 8.62. The van der Waals surface area contributed by atoms with Crippen LogP contribution in [-0.4, -0.2) is 37.3 Å². The molecule has 0 aliphatic rings. The summed E-state index contributed by atoms with van der Waals surface area (Å²) in [6.07, 6.45) is 1.52. The van der Waals surface area contributed by atoms with Crippen LogP contribution in [0.25, 0.3) is 28.5 Å². The molecular weight excluding hydrogens is 443 g/mol. The largest absolute Gasteiger partial charge is 0.497 e. The molecule has 5 aromatic rings. The van der Waals surface area contributed by atoms with E-state index in [4.69, 9.17) is 9.26 Å². The lowest BCUT2D eigenvalue weighted by Gasteiger charge is -2.05. The van der Waals surface area contributed by atoms with Gasteiger partial charge in [-0.05, 0) is 48.5 Å². The van der Waals surface area contributed by atoms with E-state index in [1.165, 1.54) is 22.7 Å². The molecule has 0 saturated carbocycles. The number of halogens is 1. The van der Waals surface area contributed by atoms with Crippen LogP contribution in [0.15, 0.2) is 76.2 Å². The Balaban J connectivity index is 1.42. The van der Waals surface area contributed by atoms with Gasteiger partial charge < -0.3 is 14.6 Å². The molecule has 170 valence electrons. The first kappa shape index (κ1) is 21.1. The third kappa shape index (κ3) is 4.01. The van der Waals surface area contributed by atoms with Gasteiger partial charge in [-0.2, -0.15) is 4.98 Å². The van der Waals surface area contributed by atoms with Gasteiger partial charge in [0.05, 0.1) is 12.7 Å². The van der Waals surface area contributed by atoms with Crippen LogP contribution in [0.2, 0.25) is 0 Å². The average Bonchev–Trinajstić information content (AvgIpc) is 3.45. The van der Waals surface area contributed by atoms with Crippen molar-refractivity contribution < 1.29 is 18.4 Å². The fourth-order valence-corrected chi connectivity index (χ4v) is 3.40. The van der Waals surface area contributed by atoms with Crippen LogP contribution in [-0.2, 0) is 11.3 Å². The molecule has 0 atom stereocenters. The van der Waals surface area contributed by atoms with Gasteiger partial charge in [0.25, 0.3) is 5.89 Å². The smallest absolute Gasteiger partial charge is 0.350 e. The van der Waals surface area contributed by atoms with Crippen LogP contribution >= 0.6 is 0 Å². The quantitative estimate of drug-likeness (QED) is 0.414. The molecule has 0 bridgehead atoms. The molecule has 34 heavy (non-hydrogen) atoms. The molecule has 0 unspecified atom stereocenters. The first-order valence-corrected chi connectivity index (χ1v) is 10.1. The molecule has 1 amide bonds. The highest BCUT2D eigenvalue weighted by atomic mass is 19.1. The summed E-state index contributed by atoms with van der Waals surface area (Å²) in [6.45, 7) is -0.301. The number of hydrogen-bond donors (Lipinski definition) is 1. The fraction of sp³-hybridized carbons (Fsp3) is 0.0870. The van der Waals surface area contributed by atoms with E-state index in [0.717, 1.165) is 4.68 Å². The molecular formula is C23H17FN6O4. The third-order valence-electron chi connectivity index (χ3n) is 5.02. The minimum Gasteiger partial charge on any atom is -0.497 e. The minimum atomic E-state index is -0.508. The molecule has 3 heterocycles. The Morgan fingerprint density at radius 3 is 2.74 bits per heavy atom. The molecule has 11 heteroatoms. The van der Waals surface area contributed by atoms with E-state index in [0.29, 0.717) is 22.6 Å². The monoisotopic (exact) mass is 460 g/mol. The van der Waals surface area contributed by atoms with Crippen molar-refractivity contribution in [1.29, 1.82) is 0 Å². The molecule has 0 aliphatic carbocycles. The van der Waals surface area contributed by atoms with E-state index >= 15 is 0 Å². The topological polar surface area (TPSA) is 117 Å². The normalized spacial score (nSPS) is 11.0. The molecule has 0 spiro atoms. The number of carbonyl (C=O) groups excluding carboxylic acids is 1. The van der Waals surface area contributed by atoms with Crippen molar-refractivity contribution in [2.45, 2.75) is 6.54 Å². The average molecular weight is 460 g/mol. The number of nitrogens with one attached hydrogen (secondary N) is 1. The number of ether oxygens (including phenoxy) is 1. The summed E-state index contributed by atoms with van der Waals surface area (Å²) in [4.78, 5) is 29.6. The van der Waals surface area contributed by atoms with Gasteiger partial charge >= 0.3 is 5.69 Å². The maximum atomic E-state index is 13.5. The maximum absolute atomic E-state index is 13.5. The lowest BCUT2D eigenvalue weighted by atomic mass is 10.2. The van der Waals surface area contributed by atoms with E-state index in [2.05, 4.69) is 20.6 Å². The summed E-state index contributed by atoms with van der Waals surface area (Å²) in [5, 5.41) is 10.9. The Hall–Kier alpha value is -4.80. The Morgan fingerprint density at radius 2 is 1.97 bits per heavy atom. The first-order valence-electron chi connectivity index (χ1n) is 10.1. The van der Waals surface area contributed by atoms with Crippen molar-refractivity contribution in [2.75, 3.05) is 12.4 Å². The Bertz CT molecular complexity index is 1550. The van der Waals surface area contributed by atoms with E-state index in [1.807, 2.05) is 0 Å². The van der Waals surface area contributed by atoms with Gasteiger partial charge in [-0.3, -0.25) is 4.79 Å². The summed E-state index contributed by atoms with van der Waals surface area (Å²) in [7, 11) is 1.55. The zero-order valence-electron chi connectivity index (χ0n) is 17.8. The number of nitrogens with zero attached hydrogens (tertiary/aromatic N) is 5. The summed E-state index contributed by atoms with van der Waals surface area (Å²) in [5.41, 5.74) is 1.12. The highest BCUT2D eigenvalue weighted by Gasteiger charge is 2.19. The van der Waals surface area contributed by atoms with E-state index in [-0.39, 0.29) is 23.9 Å². The summed E-state index contributed by atoms with van der Waals surface area (Å²) in [5.74, 6) is 0.0955. The highest BCUT2D eigenvalue weighted by Crippen LogP contribution is 2.25. The molecule has 2 aromatic carbocycles. The Morgan fingerprint density at radius 1 is 1.15 bits per heavy atom. The summed E-state index contributed by atoms with van der Waals surface area (Å²) >= 11 is 0. The maximum Gasteiger partial charge on any atom is 0.350 e. The van der Waals surface area contributed by atoms with Gasteiger partial charge in [0.2, 0.25) is 11.7 Å². The van der Waals surface area contributed by atoms with Crippen LogP contribution in [0.3, 0.4) is 0 Å². The van der Waals surface area contributed by atoms with Gasteiger partial charge in [-0.25, -0.2) is 18.3 Å². The molecule has 0 fully saturated rings. The molecule has 0 saturated heterocycles. The molecule has 3 aromatic heterocycles. The number of rotatable bonds is 6. The number of hydrogen-bond acceptors (Lipinski definition) is 7. The fourth-order valence-electron chi connectivity index (χ4n) is 3.40. The number of methoxy groups -OCH3 is 1. The van der Waals surface area contributed by atoms with Gasteiger partial charge in [0, 0.05) is 17.4 Å². The molecule has 5 rings (SSSR count). The Labute approximate surface area is 191 Å². The van der Waals surface area contributed by atoms with Crippen LogP contribution < -0.4 is 15.7 Å². The van der Waals surface area contributed by atoms with Crippen molar-refractivity contribution in [3.05, 3.63) is 83.2 Å². The molecule has 0 aliphatic heterocycles. The zero-order chi connectivity index (χ0) is 23.7. The number of anilines is 1. The second-order valence-corrected chi connectivity index (χ2v) is 7.27. The Kier molecular flexibility index (Phi) is 5.34. The zero-order valence-corrected chi connectivity index (χ0v) is 17.8. The SMILES string of the molecule is COc1ccc(NC(=O)Cn2nc3c(-c4nc(-c5cccc(F)c5)no4)cccn3c2=O)cc1. The van der Waals surface area contributed by atoms with Crippen LogP contribution in [0, 0.1) is 5.82 Å². The number of pyridine rings is 1. The van der Waals surface area contributed by atoms with Crippen molar-refractivity contribution in [1.82, 2.24) is 24.3 Å². The van der Waals surface area contributed by atoms with E-state index < -0.39 is 17.4 Å². The van der Waals surface area contributed by atoms with Crippen molar-refractivity contribution in [3.8, 4) is 28.6 Å². The number of fused-ring (bicyclic) bond motifs is 1. The first-order chi connectivity index (χ1) is 16.5. The van der Waals surface area contributed by atoms with Gasteiger partial charge in [0.1, 0.15) is 18.1 Å². The number of amides is 1. The van der Waals surface area contributed by atoms with Gasteiger partial charge in [-0.1, -0.05) is 17.3 Å². The third-order valence-corrected chi connectivity index (χ3v) is 5.02. The van der Waals surface area contributed by atoms with Gasteiger partial charge in [-0.15, -0.1) is 5.10 Å².